The lowest BCUT2D eigenvalue weighted by Crippen LogP contribution is -2.36. The van der Waals surface area contributed by atoms with Crippen molar-refractivity contribution in [2.45, 2.75) is 25.4 Å². The molecule has 1 fully saturated rings. The van der Waals surface area contributed by atoms with Gasteiger partial charge in [-0.25, -0.2) is 0 Å². The van der Waals surface area contributed by atoms with Gasteiger partial charge in [-0.3, -0.25) is 4.79 Å². The summed E-state index contributed by atoms with van der Waals surface area (Å²) in [6, 6.07) is 11.2. The number of benzene rings is 1. The van der Waals surface area contributed by atoms with Crippen molar-refractivity contribution in [3.05, 3.63) is 36.4 Å². The molecule has 0 saturated carbocycles. The summed E-state index contributed by atoms with van der Waals surface area (Å²) in [5.74, 6) is 2.49. The summed E-state index contributed by atoms with van der Waals surface area (Å²) in [6.07, 6.45) is 2.94. The molecule has 8 heteroatoms. The Hall–Kier alpha value is -3.03. The molecule has 2 aliphatic heterocycles. The van der Waals surface area contributed by atoms with E-state index in [1.165, 1.54) is 12.8 Å². The number of hydrogen-bond donors (Lipinski definition) is 1. The highest BCUT2D eigenvalue weighted by molar-refractivity contribution is 5.77. The second-order valence-corrected chi connectivity index (χ2v) is 6.85. The van der Waals surface area contributed by atoms with Gasteiger partial charge in [0.05, 0.1) is 0 Å². The average Bonchev–Trinajstić information content (AvgIpc) is 3.27. The quantitative estimate of drug-likeness (QED) is 0.779. The van der Waals surface area contributed by atoms with Crippen molar-refractivity contribution in [2.75, 3.05) is 37.7 Å². The van der Waals surface area contributed by atoms with Crippen LogP contribution in [0.2, 0.25) is 0 Å². The zero-order chi connectivity index (χ0) is 19.2. The summed E-state index contributed by atoms with van der Waals surface area (Å²) in [7, 11) is 0. The Morgan fingerprint density at radius 2 is 1.96 bits per heavy atom. The fourth-order valence-corrected chi connectivity index (χ4v) is 3.27. The van der Waals surface area contributed by atoms with Gasteiger partial charge in [0.1, 0.15) is 12.7 Å². The van der Waals surface area contributed by atoms with Gasteiger partial charge < -0.3 is 24.4 Å². The number of ether oxygens (including phenoxy) is 3. The van der Waals surface area contributed by atoms with E-state index in [1.807, 2.05) is 30.3 Å². The first-order valence-corrected chi connectivity index (χ1v) is 9.64. The van der Waals surface area contributed by atoms with Gasteiger partial charge in [-0.15, -0.1) is 10.2 Å². The van der Waals surface area contributed by atoms with Gasteiger partial charge in [-0.05, 0) is 31.0 Å². The van der Waals surface area contributed by atoms with Gasteiger partial charge in [0, 0.05) is 32.1 Å². The van der Waals surface area contributed by atoms with Crippen molar-refractivity contribution in [1.82, 2.24) is 15.5 Å². The predicted molar refractivity (Wildman–Crippen MR) is 103 cm³/mol. The van der Waals surface area contributed by atoms with Crippen LogP contribution in [0.25, 0.3) is 0 Å². The molecule has 0 unspecified atom stereocenters. The first-order chi connectivity index (χ1) is 13.8. The molecule has 1 aromatic heterocycles. The van der Waals surface area contributed by atoms with Gasteiger partial charge in [0.15, 0.2) is 23.9 Å². The third-order valence-electron chi connectivity index (χ3n) is 4.76. The topological polar surface area (TPSA) is 85.8 Å². The molecule has 1 aromatic carbocycles. The lowest BCUT2D eigenvalue weighted by molar-refractivity contribution is -0.123. The molecule has 1 saturated heterocycles. The van der Waals surface area contributed by atoms with E-state index < -0.39 is 0 Å². The highest BCUT2D eigenvalue weighted by atomic mass is 16.6. The highest BCUT2D eigenvalue weighted by Gasteiger charge is 2.20. The van der Waals surface area contributed by atoms with Crippen LogP contribution in [0.15, 0.2) is 36.4 Å². The molecule has 0 spiro atoms. The summed E-state index contributed by atoms with van der Waals surface area (Å²) in [5.41, 5.74) is 0. The summed E-state index contributed by atoms with van der Waals surface area (Å²) >= 11 is 0. The normalized spacial score (nSPS) is 18.0. The zero-order valence-corrected chi connectivity index (χ0v) is 15.7. The molecule has 1 N–H and O–H groups in total. The highest BCUT2D eigenvalue weighted by Crippen LogP contribution is 2.31. The van der Waals surface area contributed by atoms with Gasteiger partial charge in [-0.2, -0.15) is 0 Å². The number of rotatable bonds is 7. The molecule has 0 bridgehead atoms. The van der Waals surface area contributed by atoms with E-state index in [0.29, 0.717) is 25.5 Å². The van der Waals surface area contributed by atoms with Crippen molar-refractivity contribution in [3.8, 4) is 17.4 Å². The molecule has 28 heavy (non-hydrogen) atoms. The van der Waals surface area contributed by atoms with Crippen molar-refractivity contribution in [1.29, 1.82) is 0 Å². The van der Waals surface area contributed by atoms with E-state index in [4.69, 9.17) is 14.2 Å². The zero-order valence-electron chi connectivity index (χ0n) is 15.7. The summed E-state index contributed by atoms with van der Waals surface area (Å²) in [6.45, 7) is 2.89. The molecule has 0 aliphatic carbocycles. The molecule has 8 nitrogen and oxygen atoms in total. The van der Waals surface area contributed by atoms with Crippen LogP contribution in [0.3, 0.4) is 0 Å². The molecule has 2 aliphatic rings. The van der Waals surface area contributed by atoms with Crippen molar-refractivity contribution in [3.63, 3.8) is 0 Å². The average molecular weight is 384 g/mol. The largest absolute Gasteiger partial charge is 0.486 e. The Labute approximate surface area is 163 Å². The number of nitrogens with one attached hydrogen (secondary N) is 1. The Kier molecular flexibility index (Phi) is 5.75. The van der Waals surface area contributed by atoms with Gasteiger partial charge in [0.2, 0.25) is 5.88 Å². The summed E-state index contributed by atoms with van der Waals surface area (Å²) in [4.78, 5) is 14.2. The van der Waals surface area contributed by atoms with Gasteiger partial charge >= 0.3 is 0 Å². The van der Waals surface area contributed by atoms with Crippen LogP contribution in [0.1, 0.15) is 19.3 Å². The number of nitrogens with zero attached hydrogens (tertiary/aromatic N) is 3. The van der Waals surface area contributed by atoms with Crippen LogP contribution in [-0.2, 0) is 4.79 Å². The number of carbonyl (C=O) groups excluding carboxylic acids is 1. The molecular weight excluding hydrogens is 360 g/mol. The summed E-state index contributed by atoms with van der Waals surface area (Å²) in [5, 5.41) is 11.0. The second kappa shape index (κ2) is 8.77. The Morgan fingerprint density at radius 1 is 1.14 bits per heavy atom. The van der Waals surface area contributed by atoms with E-state index in [9.17, 15) is 4.79 Å². The standard InChI is InChI=1S/C20H24N4O4/c25-19(14-27-20-8-7-18(22-23-20)24-11-3-4-12-24)21-10-9-15-13-26-16-5-1-2-6-17(16)28-15/h1-2,5-8,15H,3-4,9-14H2,(H,21,25)/t15-/m1/s1. The third-order valence-corrected chi connectivity index (χ3v) is 4.76. The summed E-state index contributed by atoms with van der Waals surface area (Å²) < 4.78 is 16.9. The number of aromatic nitrogens is 2. The minimum Gasteiger partial charge on any atom is -0.486 e. The van der Waals surface area contributed by atoms with E-state index in [0.717, 1.165) is 30.4 Å². The minimum absolute atomic E-state index is 0.0832. The number of para-hydroxylation sites is 2. The number of carbonyl (C=O) groups is 1. The first-order valence-electron chi connectivity index (χ1n) is 9.64. The third kappa shape index (κ3) is 4.62. The van der Waals surface area contributed by atoms with E-state index in [2.05, 4.69) is 20.4 Å². The molecule has 3 heterocycles. The Morgan fingerprint density at radius 3 is 2.75 bits per heavy atom. The molecule has 4 rings (SSSR count). The maximum atomic E-state index is 12.0. The van der Waals surface area contributed by atoms with Crippen LogP contribution >= 0.6 is 0 Å². The van der Waals surface area contributed by atoms with Gasteiger partial charge in [0.25, 0.3) is 5.91 Å². The fraction of sp³-hybridized carbons (Fsp3) is 0.450. The molecule has 1 atom stereocenters. The SMILES string of the molecule is O=C(COc1ccc(N2CCCC2)nn1)NCC[C@@H]1COc2ccccc2O1. The van der Waals surface area contributed by atoms with Crippen LogP contribution in [0, 0.1) is 0 Å². The van der Waals surface area contributed by atoms with E-state index in [-0.39, 0.29) is 18.6 Å². The predicted octanol–water partition coefficient (Wildman–Crippen LogP) is 1.80. The number of amides is 1. The maximum Gasteiger partial charge on any atom is 0.258 e. The van der Waals surface area contributed by atoms with Crippen molar-refractivity contribution < 1.29 is 19.0 Å². The first kappa shape index (κ1) is 18.3. The number of hydrogen-bond acceptors (Lipinski definition) is 7. The Bertz CT molecular complexity index is 793. The molecule has 148 valence electrons. The van der Waals surface area contributed by atoms with Crippen molar-refractivity contribution in [2.24, 2.45) is 0 Å². The smallest absolute Gasteiger partial charge is 0.258 e. The molecule has 1 amide bonds. The lowest BCUT2D eigenvalue weighted by Gasteiger charge is -2.26. The number of anilines is 1. The Balaban J connectivity index is 1.15. The molecule has 0 radical (unpaired) electrons. The van der Waals surface area contributed by atoms with Crippen LogP contribution in [0.4, 0.5) is 5.82 Å². The van der Waals surface area contributed by atoms with Crippen molar-refractivity contribution >= 4 is 11.7 Å². The second-order valence-electron chi connectivity index (χ2n) is 6.85. The fourth-order valence-electron chi connectivity index (χ4n) is 3.27. The van der Waals surface area contributed by atoms with Crippen LogP contribution in [0.5, 0.6) is 17.4 Å². The maximum absolute atomic E-state index is 12.0. The monoisotopic (exact) mass is 384 g/mol. The van der Waals surface area contributed by atoms with E-state index in [1.54, 1.807) is 6.07 Å². The van der Waals surface area contributed by atoms with E-state index >= 15 is 0 Å². The minimum atomic E-state index is -0.206. The lowest BCUT2D eigenvalue weighted by atomic mass is 10.2. The van der Waals surface area contributed by atoms with Crippen LogP contribution in [-0.4, -0.2) is 55.1 Å². The molecular formula is C20H24N4O4. The molecule has 2 aromatic rings. The van der Waals surface area contributed by atoms with Gasteiger partial charge in [-0.1, -0.05) is 12.1 Å². The number of fused-ring (bicyclic) bond motifs is 1. The van der Waals surface area contributed by atoms with Crippen LogP contribution < -0.4 is 24.4 Å².